The normalized spacial score (nSPS) is 28.7. The number of halogens is 2. The van der Waals surface area contributed by atoms with E-state index in [0.717, 1.165) is 0 Å². The van der Waals surface area contributed by atoms with Crippen molar-refractivity contribution in [3.63, 3.8) is 0 Å². The van der Waals surface area contributed by atoms with E-state index in [2.05, 4.69) is 0 Å². The zero-order valence-corrected chi connectivity index (χ0v) is 12.2. The molecule has 0 saturated carbocycles. The van der Waals surface area contributed by atoms with Crippen molar-refractivity contribution in [2.45, 2.75) is 12.5 Å². The van der Waals surface area contributed by atoms with Crippen LogP contribution in [0.3, 0.4) is 0 Å². The van der Waals surface area contributed by atoms with Gasteiger partial charge < -0.3 is 4.90 Å². The molecule has 1 amide bonds. The van der Waals surface area contributed by atoms with Gasteiger partial charge in [-0.1, -0.05) is 23.2 Å². The van der Waals surface area contributed by atoms with Gasteiger partial charge in [0, 0.05) is 17.4 Å². The van der Waals surface area contributed by atoms with Crippen molar-refractivity contribution in [3.05, 3.63) is 28.2 Å². The van der Waals surface area contributed by atoms with E-state index in [4.69, 9.17) is 23.2 Å². The van der Waals surface area contributed by atoms with E-state index in [-0.39, 0.29) is 35.8 Å². The van der Waals surface area contributed by atoms with Crippen LogP contribution in [0.1, 0.15) is 6.42 Å². The number of benzene rings is 1. The van der Waals surface area contributed by atoms with Gasteiger partial charge in [0.2, 0.25) is 5.91 Å². The minimum Gasteiger partial charge on any atom is -0.306 e. The fraction of sp³-hybridized carbons (Fsp3) is 0.417. The Morgan fingerprint density at radius 2 is 1.95 bits per heavy atom. The third-order valence-electron chi connectivity index (χ3n) is 3.64. The van der Waals surface area contributed by atoms with E-state index in [1.165, 1.54) is 4.90 Å². The average Bonchev–Trinajstić information content (AvgIpc) is 2.73. The molecule has 7 heteroatoms. The molecular weight excluding hydrogens is 309 g/mol. The number of carbonyl (C=O) groups is 1. The summed E-state index contributed by atoms with van der Waals surface area (Å²) >= 11 is 12.0. The number of nitrogens with zero attached hydrogens (tertiary/aromatic N) is 1. The van der Waals surface area contributed by atoms with Crippen molar-refractivity contribution < 1.29 is 13.2 Å². The Morgan fingerprint density at radius 1 is 1.21 bits per heavy atom. The van der Waals surface area contributed by atoms with Crippen LogP contribution in [0, 0.1) is 5.92 Å². The van der Waals surface area contributed by atoms with Crippen molar-refractivity contribution >= 4 is 44.6 Å². The first kappa shape index (κ1) is 13.2. The molecule has 4 nitrogen and oxygen atoms in total. The van der Waals surface area contributed by atoms with Crippen molar-refractivity contribution in [2.75, 3.05) is 16.4 Å². The smallest absolute Gasteiger partial charge is 0.227 e. The lowest BCUT2D eigenvalue weighted by Gasteiger charge is -2.24. The van der Waals surface area contributed by atoms with Crippen molar-refractivity contribution in [2.24, 2.45) is 5.92 Å². The molecular formula is C12H11Cl2NO3S. The molecule has 0 radical (unpaired) electrons. The highest BCUT2D eigenvalue weighted by atomic mass is 35.5. The lowest BCUT2D eigenvalue weighted by Crippen LogP contribution is -2.36. The lowest BCUT2D eigenvalue weighted by molar-refractivity contribution is -0.117. The molecule has 2 atom stereocenters. The van der Waals surface area contributed by atoms with E-state index in [9.17, 15) is 13.2 Å². The lowest BCUT2D eigenvalue weighted by atomic mass is 10.0. The first-order valence-corrected chi connectivity index (χ1v) is 8.43. The Morgan fingerprint density at radius 3 is 2.68 bits per heavy atom. The average molecular weight is 320 g/mol. The molecule has 0 aliphatic carbocycles. The van der Waals surface area contributed by atoms with Crippen LogP contribution < -0.4 is 4.90 Å². The van der Waals surface area contributed by atoms with Gasteiger partial charge in [0.25, 0.3) is 0 Å². The second-order valence-electron chi connectivity index (χ2n) is 4.97. The van der Waals surface area contributed by atoms with Gasteiger partial charge in [0.05, 0.1) is 28.3 Å². The fourth-order valence-electron chi connectivity index (χ4n) is 2.87. The zero-order valence-electron chi connectivity index (χ0n) is 9.84. The summed E-state index contributed by atoms with van der Waals surface area (Å²) in [5.74, 6) is -0.133. The molecule has 19 heavy (non-hydrogen) atoms. The second kappa shape index (κ2) is 4.36. The van der Waals surface area contributed by atoms with Gasteiger partial charge in [-0.3, -0.25) is 4.79 Å². The van der Waals surface area contributed by atoms with Crippen molar-refractivity contribution in [3.8, 4) is 0 Å². The standard InChI is InChI=1S/C12H11Cl2NO3S/c13-8-1-2-9(14)10(4-8)15-11-6-19(17,18)5-7(11)3-12(15)16/h1-2,4,7,11H,3,5-6H2/t7-,11-/m0/s1. The zero-order chi connectivity index (χ0) is 13.8. The number of rotatable bonds is 1. The minimum atomic E-state index is -3.06. The molecule has 0 unspecified atom stereocenters. The van der Waals surface area contributed by atoms with Crippen LogP contribution in [0.15, 0.2) is 18.2 Å². The van der Waals surface area contributed by atoms with Gasteiger partial charge in [-0.05, 0) is 18.2 Å². The molecule has 2 aliphatic rings. The monoisotopic (exact) mass is 319 g/mol. The number of anilines is 1. The van der Waals surface area contributed by atoms with Gasteiger partial charge in [-0.2, -0.15) is 0 Å². The number of amides is 1. The van der Waals surface area contributed by atoms with Gasteiger partial charge >= 0.3 is 0 Å². The fourth-order valence-corrected chi connectivity index (χ4v) is 5.32. The quantitative estimate of drug-likeness (QED) is 0.797. The molecule has 1 aromatic rings. The molecule has 3 rings (SSSR count). The number of hydrogen-bond donors (Lipinski definition) is 0. The number of carbonyl (C=O) groups excluding carboxylic acids is 1. The molecule has 2 fully saturated rings. The maximum atomic E-state index is 12.1. The van der Waals surface area contributed by atoms with Crippen molar-refractivity contribution in [1.29, 1.82) is 0 Å². The second-order valence-corrected chi connectivity index (χ2v) is 7.97. The number of hydrogen-bond acceptors (Lipinski definition) is 3. The summed E-state index contributed by atoms with van der Waals surface area (Å²) in [7, 11) is -3.06. The molecule has 102 valence electrons. The number of fused-ring (bicyclic) bond motifs is 1. The van der Waals surface area contributed by atoms with Crippen LogP contribution in [-0.2, 0) is 14.6 Å². The molecule has 2 saturated heterocycles. The van der Waals surface area contributed by atoms with E-state index in [1.807, 2.05) is 0 Å². The van der Waals surface area contributed by atoms with Crippen molar-refractivity contribution in [1.82, 2.24) is 0 Å². The Bertz CT molecular complexity index is 659. The van der Waals surface area contributed by atoms with Crippen LogP contribution in [0.25, 0.3) is 0 Å². The van der Waals surface area contributed by atoms with E-state index in [0.29, 0.717) is 15.7 Å². The first-order chi connectivity index (χ1) is 8.87. The molecule has 2 heterocycles. The molecule has 0 aromatic heterocycles. The van der Waals surface area contributed by atoms with Gasteiger partial charge in [0.1, 0.15) is 0 Å². The summed E-state index contributed by atoms with van der Waals surface area (Å²) in [6, 6.07) is 4.54. The van der Waals surface area contributed by atoms with Crippen LogP contribution >= 0.6 is 23.2 Å². The van der Waals surface area contributed by atoms with Crippen LogP contribution in [0.2, 0.25) is 10.0 Å². The third kappa shape index (κ3) is 2.24. The Labute approximate surface area is 121 Å². The van der Waals surface area contributed by atoms with Gasteiger partial charge in [-0.15, -0.1) is 0 Å². The highest BCUT2D eigenvalue weighted by molar-refractivity contribution is 7.91. The molecule has 0 bridgehead atoms. The Kier molecular flexibility index (Phi) is 3.04. The van der Waals surface area contributed by atoms with Gasteiger partial charge in [0.15, 0.2) is 9.84 Å². The largest absolute Gasteiger partial charge is 0.306 e. The van der Waals surface area contributed by atoms with E-state index < -0.39 is 9.84 Å². The summed E-state index contributed by atoms with van der Waals surface area (Å²) in [6.07, 6.45) is 0.257. The maximum absolute atomic E-state index is 12.1. The highest BCUT2D eigenvalue weighted by Gasteiger charge is 2.49. The molecule has 0 spiro atoms. The predicted octanol–water partition coefficient (Wildman–Crippen LogP) is 2.14. The van der Waals surface area contributed by atoms with Crippen LogP contribution in [-0.4, -0.2) is 31.9 Å². The van der Waals surface area contributed by atoms with E-state index >= 15 is 0 Å². The van der Waals surface area contributed by atoms with E-state index in [1.54, 1.807) is 18.2 Å². The maximum Gasteiger partial charge on any atom is 0.227 e. The summed E-state index contributed by atoms with van der Waals surface area (Å²) in [4.78, 5) is 13.6. The van der Waals surface area contributed by atoms with Gasteiger partial charge in [-0.25, -0.2) is 8.42 Å². The summed E-state index contributed by atoms with van der Waals surface area (Å²) in [5, 5.41) is 0.874. The Balaban J connectivity index is 2.04. The molecule has 0 N–H and O–H groups in total. The predicted molar refractivity (Wildman–Crippen MR) is 74.5 cm³/mol. The highest BCUT2D eigenvalue weighted by Crippen LogP contribution is 2.40. The molecule has 1 aromatic carbocycles. The third-order valence-corrected chi connectivity index (χ3v) is 5.98. The first-order valence-electron chi connectivity index (χ1n) is 5.85. The Hall–Kier alpha value is -0.780. The summed E-state index contributed by atoms with van der Waals surface area (Å²) < 4.78 is 23.4. The molecule has 2 aliphatic heterocycles. The topological polar surface area (TPSA) is 54.5 Å². The summed E-state index contributed by atoms with van der Waals surface area (Å²) in [5.41, 5.74) is 0.503. The SMILES string of the molecule is O=C1C[C@H]2CS(=O)(=O)C[C@@H]2N1c1cc(Cl)ccc1Cl. The van der Waals surface area contributed by atoms with Crippen LogP contribution in [0.5, 0.6) is 0 Å². The van der Waals surface area contributed by atoms with Crippen LogP contribution in [0.4, 0.5) is 5.69 Å². The summed E-state index contributed by atoms with van der Waals surface area (Å²) in [6.45, 7) is 0. The number of sulfone groups is 1. The minimum absolute atomic E-state index is 0.00620.